The first kappa shape index (κ1) is 18.7. The number of hydrogen-bond acceptors (Lipinski definition) is 3. The number of methoxy groups -OCH3 is 1. The summed E-state index contributed by atoms with van der Waals surface area (Å²) in [5.41, 5.74) is 5.27. The molecule has 0 unspecified atom stereocenters. The lowest BCUT2D eigenvalue weighted by atomic mass is 10.0. The normalized spacial score (nSPS) is 10.5. The van der Waals surface area contributed by atoms with Crippen molar-refractivity contribution in [1.29, 1.82) is 0 Å². The Morgan fingerprint density at radius 2 is 1.81 bits per heavy atom. The molecule has 3 aromatic rings. The minimum Gasteiger partial charge on any atom is -0.383 e. The summed E-state index contributed by atoms with van der Waals surface area (Å²) in [5, 5.41) is 0. The van der Waals surface area contributed by atoms with Crippen LogP contribution in [0.25, 0.3) is 5.69 Å². The number of hydrogen-bond donors (Lipinski definition) is 0. The van der Waals surface area contributed by atoms with Crippen LogP contribution in [0.4, 0.5) is 0 Å². The highest BCUT2D eigenvalue weighted by molar-refractivity contribution is 5.48. The zero-order valence-corrected chi connectivity index (χ0v) is 16.1. The molecule has 0 radical (unpaired) electrons. The molecular formula is C22H23N3O2. The number of imidazole rings is 1. The van der Waals surface area contributed by atoms with E-state index in [0.717, 1.165) is 16.8 Å². The fraction of sp³-hybridized carbons (Fsp3) is 0.273. The summed E-state index contributed by atoms with van der Waals surface area (Å²) >= 11 is 0. The first-order valence-electron chi connectivity index (χ1n) is 8.82. The van der Waals surface area contributed by atoms with Gasteiger partial charge in [-0.3, -0.25) is 9.36 Å². The molecule has 27 heavy (non-hydrogen) atoms. The Morgan fingerprint density at radius 1 is 1.04 bits per heavy atom. The van der Waals surface area contributed by atoms with Gasteiger partial charge >= 0.3 is 0 Å². The average molecular weight is 361 g/mol. The molecule has 3 rings (SSSR count). The Balaban J connectivity index is 1.93. The second-order valence-electron chi connectivity index (χ2n) is 6.53. The van der Waals surface area contributed by atoms with Crippen LogP contribution in [0.5, 0.6) is 0 Å². The molecule has 0 aliphatic rings. The number of aromatic nitrogens is 3. The fourth-order valence-corrected chi connectivity index (χ4v) is 2.84. The van der Waals surface area contributed by atoms with Crippen LogP contribution in [-0.2, 0) is 11.3 Å². The van der Waals surface area contributed by atoms with Crippen molar-refractivity contribution in [3.05, 3.63) is 81.3 Å². The number of benzene rings is 1. The van der Waals surface area contributed by atoms with E-state index in [1.807, 2.05) is 16.8 Å². The predicted molar refractivity (Wildman–Crippen MR) is 106 cm³/mol. The van der Waals surface area contributed by atoms with Crippen LogP contribution in [0.2, 0.25) is 0 Å². The molecule has 2 heterocycles. The van der Waals surface area contributed by atoms with Gasteiger partial charge in [-0.25, -0.2) is 4.98 Å². The van der Waals surface area contributed by atoms with Crippen LogP contribution < -0.4 is 5.56 Å². The minimum absolute atomic E-state index is 0.0813. The van der Waals surface area contributed by atoms with E-state index in [1.54, 1.807) is 30.1 Å². The van der Waals surface area contributed by atoms with Crippen molar-refractivity contribution in [1.82, 2.24) is 14.1 Å². The Labute approximate surface area is 159 Å². The predicted octanol–water partition coefficient (Wildman–Crippen LogP) is 3.01. The van der Waals surface area contributed by atoms with E-state index in [2.05, 4.69) is 49.7 Å². The molecule has 0 aliphatic heterocycles. The molecule has 0 fully saturated rings. The molecule has 138 valence electrons. The van der Waals surface area contributed by atoms with Crippen molar-refractivity contribution in [2.75, 3.05) is 13.7 Å². The molecule has 0 aliphatic carbocycles. The van der Waals surface area contributed by atoms with E-state index in [4.69, 9.17) is 4.74 Å². The van der Waals surface area contributed by atoms with Gasteiger partial charge in [-0.1, -0.05) is 12.0 Å². The maximum Gasteiger partial charge on any atom is 0.252 e. The third-order valence-electron chi connectivity index (χ3n) is 4.58. The van der Waals surface area contributed by atoms with Gasteiger partial charge in [-0.15, -0.1) is 0 Å². The number of ether oxygens (including phenoxy) is 1. The highest BCUT2D eigenvalue weighted by Gasteiger charge is 2.05. The highest BCUT2D eigenvalue weighted by atomic mass is 16.5. The zero-order chi connectivity index (χ0) is 19.4. The Hall–Kier alpha value is -3.10. The summed E-state index contributed by atoms with van der Waals surface area (Å²) in [6, 6.07) is 7.71. The van der Waals surface area contributed by atoms with Crippen LogP contribution in [0.3, 0.4) is 0 Å². The van der Waals surface area contributed by atoms with E-state index in [-0.39, 0.29) is 5.56 Å². The van der Waals surface area contributed by atoms with Gasteiger partial charge in [-0.2, -0.15) is 0 Å². The number of aryl methyl sites for hydroxylation is 3. The largest absolute Gasteiger partial charge is 0.383 e. The van der Waals surface area contributed by atoms with E-state index in [9.17, 15) is 4.79 Å². The van der Waals surface area contributed by atoms with Gasteiger partial charge in [0.1, 0.15) is 0 Å². The summed E-state index contributed by atoms with van der Waals surface area (Å²) in [4.78, 5) is 16.6. The Bertz CT molecular complexity index is 1080. The summed E-state index contributed by atoms with van der Waals surface area (Å²) < 4.78 is 8.47. The van der Waals surface area contributed by atoms with Gasteiger partial charge in [0.25, 0.3) is 5.56 Å². The number of rotatable bonds is 4. The van der Waals surface area contributed by atoms with Gasteiger partial charge in [0, 0.05) is 43.9 Å². The van der Waals surface area contributed by atoms with Gasteiger partial charge in [0.2, 0.25) is 0 Å². The standard InChI is InChI=1S/C22H23N3O2/c1-16-13-18(3)19(14-17(16)2)5-6-21-23-8-10-25(21)20-7-9-24(11-12-27-4)22(26)15-20/h7-10,13-15H,11-12H2,1-4H3. The summed E-state index contributed by atoms with van der Waals surface area (Å²) in [6.07, 6.45) is 5.26. The lowest BCUT2D eigenvalue weighted by Gasteiger charge is -2.08. The lowest BCUT2D eigenvalue weighted by molar-refractivity contribution is 0.186. The topological polar surface area (TPSA) is 49.0 Å². The van der Waals surface area contributed by atoms with E-state index in [1.165, 1.54) is 11.1 Å². The molecule has 0 saturated carbocycles. The van der Waals surface area contributed by atoms with Crippen LogP contribution in [0.15, 0.2) is 47.7 Å². The minimum atomic E-state index is -0.0813. The van der Waals surface area contributed by atoms with Crippen molar-refractivity contribution >= 4 is 0 Å². The summed E-state index contributed by atoms with van der Waals surface area (Å²) in [6.45, 7) is 7.26. The summed E-state index contributed by atoms with van der Waals surface area (Å²) in [7, 11) is 1.62. The van der Waals surface area contributed by atoms with Gasteiger partial charge in [0.15, 0.2) is 5.82 Å². The molecule has 5 nitrogen and oxygen atoms in total. The third kappa shape index (κ3) is 4.18. The maximum atomic E-state index is 12.3. The van der Waals surface area contributed by atoms with E-state index >= 15 is 0 Å². The Kier molecular flexibility index (Phi) is 5.58. The second kappa shape index (κ2) is 8.07. The molecule has 2 aromatic heterocycles. The fourth-order valence-electron chi connectivity index (χ4n) is 2.84. The summed E-state index contributed by atoms with van der Waals surface area (Å²) in [5.74, 6) is 6.95. The molecule has 1 aromatic carbocycles. The van der Waals surface area contributed by atoms with Crippen LogP contribution in [0, 0.1) is 32.6 Å². The average Bonchev–Trinajstić information content (AvgIpc) is 3.11. The second-order valence-corrected chi connectivity index (χ2v) is 6.53. The first-order chi connectivity index (χ1) is 13.0. The first-order valence-corrected chi connectivity index (χ1v) is 8.82. The highest BCUT2D eigenvalue weighted by Crippen LogP contribution is 2.15. The van der Waals surface area contributed by atoms with Crippen LogP contribution in [0.1, 0.15) is 28.1 Å². The van der Waals surface area contributed by atoms with Crippen molar-refractivity contribution in [2.24, 2.45) is 0 Å². The molecule has 0 spiro atoms. The molecule has 0 saturated heterocycles. The van der Waals surface area contributed by atoms with Crippen LogP contribution >= 0.6 is 0 Å². The lowest BCUT2D eigenvalue weighted by Crippen LogP contribution is -2.21. The molecule has 5 heteroatoms. The van der Waals surface area contributed by atoms with Crippen molar-refractivity contribution in [3.8, 4) is 17.5 Å². The zero-order valence-electron chi connectivity index (χ0n) is 16.1. The maximum absolute atomic E-state index is 12.3. The molecule has 0 amide bonds. The molecular weight excluding hydrogens is 338 g/mol. The smallest absolute Gasteiger partial charge is 0.252 e. The van der Waals surface area contributed by atoms with Crippen molar-refractivity contribution < 1.29 is 4.74 Å². The molecule has 0 bridgehead atoms. The van der Waals surface area contributed by atoms with E-state index < -0.39 is 0 Å². The Morgan fingerprint density at radius 3 is 2.56 bits per heavy atom. The SMILES string of the molecule is COCCn1ccc(-n2ccnc2C#Cc2cc(C)c(C)cc2C)cc1=O. The van der Waals surface area contributed by atoms with Crippen LogP contribution in [-0.4, -0.2) is 27.8 Å². The number of nitrogens with zero attached hydrogens (tertiary/aromatic N) is 3. The van der Waals surface area contributed by atoms with Gasteiger partial charge < -0.3 is 9.30 Å². The van der Waals surface area contributed by atoms with E-state index in [0.29, 0.717) is 19.0 Å². The quantitative estimate of drug-likeness (QED) is 0.671. The van der Waals surface area contributed by atoms with Gasteiger partial charge in [-0.05, 0) is 55.5 Å². The van der Waals surface area contributed by atoms with Gasteiger partial charge in [0.05, 0.1) is 12.3 Å². The van der Waals surface area contributed by atoms with Crippen molar-refractivity contribution in [3.63, 3.8) is 0 Å². The monoisotopic (exact) mass is 361 g/mol. The number of pyridine rings is 1. The third-order valence-corrected chi connectivity index (χ3v) is 4.58. The molecule has 0 N–H and O–H groups in total. The van der Waals surface area contributed by atoms with Crippen molar-refractivity contribution in [2.45, 2.75) is 27.3 Å². The molecule has 0 atom stereocenters.